The fourth-order valence-electron chi connectivity index (χ4n) is 3.25. The Balaban J connectivity index is 1.79. The molecule has 1 atom stereocenters. The molecule has 5 nitrogen and oxygen atoms in total. The molecule has 1 aromatic rings. The van der Waals surface area contributed by atoms with E-state index in [4.69, 9.17) is 5.73 Å². The molecule has 3 rings (SSSR count). The zero-order valence-corrected chi connectivity index (χ0v) is 12.2. The summed E-state index contributed by atoms with van der Waals surface area (Å²) in [6, 6.07) is 0.363. The Hall–Kier alpha value is -1.52. The maximum absolute atomic E-state index is 12.7. The number of piperidine rings is 1. The molecular weight excluding hydrogens is 252 g/mol. The van der Waals surface area contributed by atoms with Crippen molar-refractivity contribution in [1.29, 1.82) is 0 Å². The van der Waals surface area contributed by atoms with Gasteiger partial charge in [-0.25, -0.2) is 0 Å². The standard InChI is InChI=1S/C15H24N4O/c1-2-5-11-6-3-4-9-19(11)15(20)14-12(16)13(17-18-14)10-7-8-10/h10-11H,2-9,16H2,1H3,(H,17,18). The molecule has 1 saturated heterocycles. The average molecular weight is 276 g/mol. The minimum absolute atomic E-state index is 0.0174. The highest BCUT2D eigenvalue weighted by Gasteiger charge is 2.33. The SMILES string of the molecule is CCCC1CCCCN1C(=O)c1n[nH]c(C2CC2)c1N. The Bertz CT molecular complexity index is 490. The molecule has 0 aromatic carbocycles. The Kier molecular flexibility index (Phi) is 3.68. The molecular formula is C15H24N4O. The minimum Gasteiger partial charge on any atom is -0.395 e. The number of nitrogens with two attached hydrogens (primary N) is 1. The largest absolute Gasteiger partial charge is 0.395 e. The van der Waals surface area contributed by atoms with Crippen molar-refractivity contribution in [3.8, 4) is 0 Å². The Morgan fingerprint density at radius 1 is 1.40 bits per heavy atom. The van der Waals surface area contributed by atoms with Crippen molar-refractivity contribution in [2.75, 3.05) is 12.3 Å². The molecule has 110 valence electrons. The Morgan fingerprint density at radius 2 is 2.20 bits per heavy atom. The molecule has 2 heterocycles. The number of likely N-dealkylation sites (tertiary alicyclic amines) is 1. The highest BCUT2D eigenvalue weighted by molar-refractivity contribution is 5.98. The maximum atomic E-state index is 12.7. The smallest absolute Gasteiger partial charge is 0.276 e. The molecule has 1 aliphatic heterocycles. The molecule has 5 heteroatoms. The zero-order valence-electron chi connectivity index (χ0n) is 12.2. The lowest BCUT2D eigenvalue weighted by atomic mass is 9.97. The second-order valence-electron chi connectivity index (χ2n) is 6.11. The van der Waals surface area contributed by atoms with Gasteiger partial charge in [0.2, 0.25) is 0 Å². The summed E-state index contributed by atoms with van der Waals surface area (Å²) >= 11 is 0. The normalized spacial score (nSPS) is 23.1. The van der Waals surface area contributed by atoms with Gasteiger partial charge < -0.3 is 10.6 Å². The molecule has 2 fully saturated rings. The van der Waals surface area contributed by atoms with E-state index < -0.39 is 0 Å². The average Bonchev–Trinajstić information content (AvgIpc) is 3.22. The van der Waals surface area contributed by atoms with E-state index in [2.05, 4.69) is 17.1 Å². The second-order valence-corrected chi connectivity index (χ2v) is 6.11. The number of carbonyl (C=O) groups is 1. The van der Waals surface area contributed by atoms with Crippen LogP contribution < -0.4 is 5.73 Å². The number of nitrogens with one attached hydrogen (secondary N) is 1. The summed E-state index contributed by atoms with van der Waals surface area (Å²) in [5.41, 5.74) is 8.12. The third-order valence-electron chi connectivity index (χ3n) is 4.53. The van der Waals surface area contributed by atoms with E-state index in [1.54, 1.807) is 0 Å². The van der Waals surface area contributed by atoms with Gasteiger partial charge in [0.05, 0.1) is 11.4 Å². The molecule has 1 unspecified atom stereocenters. The summed E-state index contributed by atoms with van der Waals surface area (Å²) in [5, 5.41) is 7.19. The Morgan fingerprint density at radius 3 is 2.90 bits per heavy atom. The highest BCUT2D eigenvalue weighted by Crippen LogP contribution is 2.42. The van der Waals surface area contributed by atoms with Crippen LogP contribution in [0.25, 0.3) is 0 Å². The van der Waals surface area contributed by atoms with Gasteiger partial charge in [-0.2, -0.15) is 5.10 Å². The number of hydrogen-bond donors (Lipinski definition) is 2. The van der Waals surface area contributed by atoms with Crippen LogP contribution in [0.5, 0.6) is 0 Å². The molecule has 2 aliphatic rings. The van der Waals surface area contributed by atoms with Crippen molar-refractivity contribution in [1.82, 2.24) is 15.1 Å². The van der Waals surface area contributed by atoms with Crippen LogP contribution >= 0.6 is 0 Å². The van der Waals surface area contributed by atoms with Crippen molar-refractivity contribution in [2.24, 2.45) is 0 Å². The first-order valence-corrected chi connectivity index (χ1v) is 7.87. The van der Waals surface area contributed by atoms with E-state index in [1.165, 1.54) is 6.42 Å². The van der Waals surface area contributed by atoms with Crippen LogP contribution in [-0.4, -0.2) is 33.6 Å². The van der Waals surface area contributed by atoms with Crippen LogP contribution in [0.2, 0.25) is 0 Å². The lowest BCUT2D eigenvalue weighted by molar-refractivity contribution is 0.0595. The molecule has 3 N–H and O–H groups in total. The summed E-state index contributed by atoms with van der Waals surface area (Å²) in [4.78, 5) is 14.7. The van der Waals surface area contributed by atoms with Gasteiger partial charge in [0.1, 0.15) is 0 Å². The fourth-order valence-corrected chi connectivity index (χ4v) is 3.25. The van der Waals surface area contributed by atoms with Crippen LogP contribution in [0, 0.1) is 0 Å². The zero-order chi connectivity index (χ0) is 14.1. The molecule has 20 heavy (non-hydrogen) atoms. The van der Waals surface area contributed by atoms with Crippen molar-refractivity contribution in [2.45, 2.75) is 63.8 Å². The van der Waals surface area contributed by atoms with E-state index >= 15 is 0 Å². The molecule has 1 saturated carbocycles. The van der Waals surface area contributed by atoms with Gasteiger partial charge >= 0.3 is 0 Å². The topological polar surface area (TPSA) is 75.0 Å². The van der Waals surface area contributed by atoms with Gasteiger partial charge in [-0.05, 0) is 38.5 Å². The van der Waals surface area contributed by atoms with Crippen LogP contribution in [0.3, 0.4) is 0 Å². The number of nitrogen functional groups attached to an aromatic ring is 1. The molecule has 0 spiro atoms. The number of rotatable bonds is 4. The summed E-state index contributed by atoms with van der Waals surface area (Å²) in [6.45, 7) is 3.01. The lowest BCUT2D eigenvalue weighted by Crippen LogP contribution is -2.44. The maximum Gasteiger partial charge on any atom is 0.276 e. The minimum atomic E-state index is 0.0174. The predicted octanol–water partition coefficient (Wildman–Crippen LogP) is 2.66. The number of aromatic nitrogens is 2. The van der Waals surface area contributed by atoms with Crippen LogP contribution in [0.1, 0.15) is 74.0 Å². The van der Waals surface area contributed by atoms with Crippen molar-refractivity contribution < 1.29 is 4.79 Å². The summed E-state index contributed by atoms with van der Waals surface area (Å²) in [6.07, 6.45) is 7.91. The number of H-pyrrole nitrogens is 1. The van der Waals surface area contributed by atoms with Crippen molar-refractivity contribution >= 4 is 11.6 Å². The van der Waals surface area contributed by atoms with Gasteiger partial charge in [0, 0.05) is 18.5 Å². The second kappa shape index (κ2) is 5.46. The molecule has 0 bridgehead atoms. The number of amides is 1. The molecule has 1 amide bonds. The van der Waals surface area contributed by atoms with Gasteiger partial charge in [-0.15, -0.1) is 0 Å². The van der Waals surface area contributed by atoms with Gasteiger partial charge in [0.15, 0.2) is 5.69 Å². The van der Waals surface area contributed by atoms with E-state index in [0.29, 0.717) is 23.3 Å². The quantitative estimate of drug-likeness (QED) is 0.887. The summed E-state index contributed by atoms with van der Waals surface area (Å²) < 4.78 is 0. The first-order valence-electron chi connectivity index (χ1n) is 7.87. The van der Waals surface area contributed by atoms with Crippen molar-refractivity contribution in [3.63, 3.8) is 0 Å². The third-order valence-corrected chi connectivity index (χ3v) is 4.53. The predicted molar refractivity (Wildman–Crippen MR) is 78.6 cm³/mol. The summed E-state index contributed by atoms with van der Waals surface area (Å²) in [5.74, 6) is 0.514. The van der Waals surface area contributed by atoms with E-state index in [9.17, 15) is 4.79 Å². The highest BCUT2D eigenvalue weighted by atomic mass is 16.2. The van der Waals surface area contributed by atoms with E-state index in [1.807, 2.05) is 4.90 Å². The van der Waals surface area contributed by atoms with E-state index in [0.717, 1.165) is 50.8 Å². The third kappa shape index (κ3) is 2.41. The number of anilines is 1. The van der Waals surface area contributed by atoms with Crippen LogP contribution in [-0.2, 0) is 0 Å². The fraction of sp³-hybridized carbons (Fsp3) is 0.733. The van der Waals surface area contributed by atoms with Crippen molar-refractivity contribution in [3.05, 3.63) is 11.4 Å². The first-order chi connectivity index (χ1) is 9.72. The molecule has 1 aromatic heterocycles. The molecule has 1 aliphatic carbocycles. The number of hydrogen-bond acceptors (Lipinski definition) is 3. The van der Waals surface area contributed by atoms with Gasteiger partial charge in [-0.3, -0.25) is 9.89 Å². The van der Waals surface area contributed by atoms with Crippen LogP contribution in [0.15, 0.2) is 0 Å². The lowest BCUT2D eigenvalue weighted by Gasteiger charge is -2.35. The van der Waals surface area contributed by atoms with Crippen LogP contribution in [0.4, 0.5) is 5.69 Å². The Labute approximate surface area is 119 Å². The monoisotopic (exact) mass is 276 g/mol. The van der Waals surface area contributed by atoms with E-state index in [-0.39, 0.29) is 5.91 Å². The van der Waals surface area contributed by atoms with Gasteiger partial charge in [-0.1, -0.05) is 13.3 Å². The summed E-state index contributed by atoms with van der Waals surface area (Å²) in [7, 11) is 0. The number of carbonyl (C=O) groups excluding carboxylic acids is 1. The number of aromatic amines is 1. The first kappa shape index (κ1) is 13.5. The molecule has 0 radical (unpaired) electrons. The number of nitrogens with zero attached hydrogens (tertiary/aromatic N) is 2. The van der Waals surface area contributed by atoms with Gasteiger partial charge in [0.25, 0.3) is 5.91 Å².